The number of benzene rings is 1. The predicted molar refractivity (Wildman–Crippen MR) is 99.9 cm³/mol. The average molecular weight is 357 g/mol. The zero-order valence-electron chi connectivity index (χ0n) is 14.5. The van der Waals surface area contributed by atoms with Crippen LogP contribution in [0.2, 0.25) is 0 Å². The third kappa shape index (κ3) is 4.32. The number of nitrogens with zero attached hydrogens (tertiary/aromatic N) is 2. The summed E-state index contributed by atoms with van der Waals surface area (Å²) < 4.78 is 5.88. The van der Waals surface area contributed by atoms with E-state index < -0.39 is 6.10 Å². The van der Waals surface area contributed by atoms with Gasteiger partial charge in [-0.1, -0.05) is 6.07 Å². The van der Waals surface area contributed by atoms with Gasteiger partial charge in [-0.3, -0.25) is 9.78 Å². The van der Waals surface area contributed by atoms with Crippen molar-refractivity contribution in [1.29, 1.82) is 0 Å². The van der Waals surface area contributed by atoms with E-state index >= 15 is 0 Å². The Morgan fingerprint density at radius 3 is 2.84 bits per heavy atom. The molecule has 2 unspecified atom stereocenters. The summed E-state index contributed by atoms with van der Waals surface area (Å²) in [4.78, 5) is 20.2. The Bertz CT molecular complexity index is 694. The molecule has 0 spiro atoms. The second kappa shape index (κ2) is 8.36. The van der Waals surface area contributed by atoms with Crippen LogP contribution >= 0.6 is 11.8 Å². The lowest BCUT2D eigenvalue weighted by atomic mass is 10.0. The van der Waals surface area contributed by atoms with E-state index in [1.807, 2.05) is 60.7 Å². The number of amides is 1. The zero-order valence-corrected chi connectivity index (χ0v) is 15.3. The molecule has 0 radical (unpaired) electrons. The SMILES string of the molecule is CSc1ccc(OC(C)C(=O)N2CCNCC2c2cccnc2)cc1. The van der Waals surface area contributed by atoms with Crippen molar-refractivity contribution in [2.75, 3.05) is 25.9 Å². The number of thioether (sulfide) groups is 1. The number of hydrogen-bond donors (Lipinski definition) is 1. The van der Waals surface area contributed by atoms with Gasteiger partial charge in [0.2, 0.25) is 0 Å². The van der Waals surface area contributed by atoms with Crippen LogP contribution in [-0.4, -0.2) is 47.8 Å². The molecular weight excluding hydrogens is 334 g/mol. The molecule has 6 heteroatoms. The van der Waals surface area contributed by atoms with Gasteiger partial charge in [0.25, 0.3) is 5.91 Å². The Balaban J connectivity index is 1.70. The van der Waals surface area contributed by atoms with Gasteiger partial charge in [-0.25, -0.2) is 0 Å². The van der Waals surface area contributed by atoms with Crippen LogP contribution < -0.4 is 10.1 Å². The zero-order chi connectivity index (χ0) is 17.6. The molecule has 1 N–H and O–H groups in total. The number of hydrogen-bond acceptors (Lipinski definition) is 5. The molecule has 2 aromatic rings. The molecule has 2 atom stereocenters. The van der Waals surface area contributed by atoms with E-state index in [9.17, 15) is 4.79 Å². The number of ether oxygens (including phenoxy) is 1. The molecule has 132 valence electrons. The first-order valence-electron chi connectivity index (χ1n) is 8.41. The fraction of sp³-hybridized carbons (Fsp3) is 0.368. The highest BCUT2D eigenvalue weighted by Crippen LogP contribution is 2.24. The number of nitrogens with one attached hydrogen (secondary N) is 1. The summed E-state index contributed by atoms with van der Waals surface area (Å²) in [6, 6.07) is 11.7. The molecule has 0 saturated carbocycles. The molecule has 1 aromatic carbocycles. The van der Waals surface area contributed by atoms with Crippen LogP contribution in [0.15, 0.2) is 53.7 Å². The molecular formula is C19H23N3O2S. The highest BCUT2D eigenvalue weighted by atomic mass is 32.2. The molecule has 2 heterocycles. The number of pyridine rings is 1. The van der Waals surface area contributed by atoms with E-state index in [0.29, 0.717) is 12.3 Å². The number of rotatable bonds is 5. The summed E-state index contributed by atoms with van der Waals surface area (Å²) in [5, 5.41) is 3.35. The summed E-state index contributed by atoms with van der Waals surface area (Å²) in [7, 11) is 0. The van der Waals surface area contributed by atoms with Crippen LogP contribution in [0.25, 0.3) is 0 Å². The van der Waals surface area contributed by atoms with Crippen LogP contribution in [0.3, 0.4) is 0 Å². The molecule has 3 rings (SSSR count). The van der Waals surface area contributed by atoms with Crippen molar-refractivity contribution in [1.82, 2.24) is 15.2 Å². The Morgan fingerprint density at radius 2 is 2.16 bits per heavy atom. The average Bonchev–Trinajstić information content (AvgIpc) is 2.68. The lowest BCUT2D eigenvalue weighted by Gasteiger charge is -2.37. The quantitative estimate of drug-likeness (QED) is 0.834. The molecule has 1 aromatic heterocycles. The fourth-order valence-corrected chi connectivity index (χ4v) is 3.39. The van der Waals surface area contributed by atoms with Crippen molar-refractivity contribution < 1.29 is 9.53 Å². The third-order valence-electron chi connectivity index (χ3n) is 4.32. The van der Waals surface area contributed by atoms with Gasteiger partial charge in [-0.05, 0) is 49.1 Å². The topological polar surface area (TPSA) is 54.5 Å². The maximum absolute atomic E-state index is 13.0. The highest BCUT2D eigenvalue weighted by molar-refractivity contribution is 7.98. The molecule has 25 heavy (non-hydrogen) atoms. The fourth-order valence-electron chi connectivity index (χ4n) is 2.98. The first-order chi connectivity index (χ1) is 12.2. The second-order valence-corrected chi connectivity index (χ2v) is 6.85. The molecule has 1 amide bonds. The van der Waals surface area contributed by atoms with E-state index in [-0.39, 0.29) is 11.9 Å². The van der Waals surface area contributed by atoms with Crippen molar-refractivity contribution >= 4 is 17.7 Å². The Kier molecular flexibility index (Phi) is 5.94. The number of carbonyl (C=O) groups is 1. The van der Waals surface area contributed by atoms with Crippen LogP contribution in [0, 0.1) is 0 Å². The smallest absolute Gasteiger partial charge is 0.263 e. The van der Waals surface area contributed by atoms with Crippen LogP contribution in [0.1, 0.15) is 18.5 Å². The van der Waals surface area contributed by atoms with E-state index in [0.717, 1.165) is 18.7 Å². The minimum atomic E-state index is -0.530. The first-order valence-corrected chi connectivity index (χ1v) is 9.63. The standard InChI is InChI=1S/C19H23N3O2S/c1-14(24-16-5-7-17(25-2)8-6-16)19(23)22-11-10-21-13-18(22)15-4-3-9-20-12-15/h3-9,12,14,18,21H,10-11,13H2,1-2H3. The third-order valence-corrected chi connectivity index (χ3v) is 5.06. The van der Waals surface area contributed by atoms with Crippen LogP contribution in [0.5, 0.6) is 5.75 Å². The molecule has 1 fully saturated rings. The number of carbonyl (C=O) groups excluding carboxylic acids is 1. The van der Waals surface area contributed by atoms with Gasteiger partial charge in [0, 0.05) is 36.9 Å². The predicted octanol–water partition coefficient (Wildman–Crippen LogP) is 2.74. The molecule has 0 aliphatic carbocycles. The summed E-state index contributed by atoms with van der Waals surface area (Å²) in [6.45, 7) is 3.99. The van der Waals surface area contributed by atoms with Crippen molar-refractivity contribution in [3.8, 4) is 5.75 Å². The second-order valence-electron chi connectivity index (χ2n) is 5.97. The van der Waals surface area contributed by atoms with Gasteiger partial charge in [-0.15, -0.1) is 11.8 Å². The van der Waals surface area contributed by atoms with Crippen molar-refractivity contribution in [3.63, 3.8) is 0 Å². The van der Waals surface area contributed by atoms with E-state index in [2.05, 4.69) is 10.3 Å². The summed E-state index contributed by atoms with van der Waals surface area (Å²) in [5.41, 5.74) is 1.04. The Hall–Kier alpha value is -2.05. The molecule has 5 nitrogen and oxygen atoms in total. The highest BCUT2D eigenvalue weighted by Gasteiger charge is 2.31. The molecule has 0 bridgehead atoms. The maximum atomic E-state index is 13.0. The van der Waals surface area contributed by atoms with Crippen molar-refractivity contribution in [3.05, 3.63) is 54.4 Å². The normalized spacial score (nSPS) is 18.6. The molecule has 1 aliphatic rings. The van der Waals surface area contributed by atoms with Crippen LogP contribution in [0.4, 0.5) is 0 Å². The largest absolute Gasteiger partial charge is 0.481 e. The first kappa shape index (κ1) is 17.8. The van der Waals surface area contributed by atoms with Gasteiger partial charge in [-0.2, -0.15) is 0 Å². The summed E-state index contributed by atoms with van der Waals surface area (Å²) in [5.74, 6) is 0.719. The minimum absolute atomic E-state index is 0.00398. The number of aromatic nitrogens is 1. The van der Waals surface area contributed by atoms with Gasteiger partial charge in [0.15, 0.2) is 6.10 Å². The van der Waals surface area contributed by atoms with Crippen molar-refractivity contribution in [2.45, 2.75) is 24.0 Å². The minimum Gasteiger partial charge on any atom is -0.481 e. The van der Waals surface area contributed by atoms with E-state index in [4.69, 9.17) is 4.74 Å². The maximum Gasteiger partial charge on any atom is 0.263 e. The Morgan fingerprint density at radius 1 is 1.36 bits per heavy atom. The molecule has 1 aliphatic heterocycles. The monoisotopic (exact) mass is 357 g/mol. The Labute approximate surface area is 152 Å². The molecule has 1 saturated heterocycles. The summed E-state index contributed by atoms with van der Waals surface area (Å²) >= 11 is 1.68. The lowest BCUT2D eigenvalue weighted by molar-refractivity contribution is -0.141. The van der Waals surface area contributed by atoms with Crippen molar-refractivity contribution in [2.24, 2.45) is 0 Å². The summed E-state index contributed by atoms with van der Waals surface area (Å²) in [6.07, 6.45) is 5.07. The van der Waals surface area contributed by atoms with Gasteiger partial charge < -0.3 is 15.0 Å². The van der Waals surface area contributed by atoms with E-state index in [1.165, 1.54) is 4.90 Å². The number of piperazine rings is 1. The van der Waals surface area contributed by atoms with Crippen LogP contribution in [-0.2, 0) is 4.79 Å². The van der Waals surface area contributed by atoms with E-state index in [1.54, 1.807) is 18.0 Å². The van der Waals surface area contributed by atoms with Gasteiger partial charge in [0.1, 0.15) is 5.75 Å². The van der Waals surface area contributed by atoms with Gasteiger partial charge >= 0.3 is 0 Å². The lowest BCUT2D eigenvalue weighted by Crippen LogP contribution is -2.52. The van der Waals surface area contributed by atoms with Gasteiger partial charge in [0.05, 0.1) is 6.04 Å².